The van der Waals surface area contributed by atoms with Gasteiger partial charge in [0.25, 0.3) is 0 Å². The first-order valence-corrected chi connectivity index (χ1v) is 8.37. The summed E-state index contributed by atoms with van der Waals surface area (Å²) in [7, 11) is 0. The van der Waals surface area contributed by atoms with Crippen LogP contribution in [-0.2, 0) is 4.79 Å². The van der Waals surface area contributed by atoms with Crippen LogP contribution in [-0.4, -0.2) is 61.5 Å². The second-order valence-electron chi connectivity index (χ2n) is 5.20. The molecule has 1 aliphatic rings. The van der Waals surface area contributed by atoms with Gasteiger partial charge in [-0.15, -0.1) is 0 Å². The lowest BCUT2D eigenvalue weighted by atomic mass is 10.2. The van der Waals surface area contributed by atoms with E-state index in [1.807, 2.05) is 0 Å². The minimum atomic E-state index is -0.175. The second kappa shape index (κ2) is 10.8. The van der Waals surface area contributed by atoms with Gasteiger partial charge in [0.2, 0.25) is 5.91 Å². The number of hydrogen-bond donors (Lipinski definition) is 2. The van der Waals surface area contributed by atoms with Crippen molar-refractivity contribution in [2.45, 2.75) is 32.1 Å². The fourth-order valence-corrected chi connectivity index (χ4v) is 2.78. The molecule has 1 fully saturated rings. The maximum Gasteiger partial charge on any atom is 0.217 e. The Hall–Kier alpha value is 0.0800. The molecular formula is C13H27IN4O. The third kappa shape index (κ3) is 8.78. The largest absolute Gasteiger partial charge is 0.370 e. The van der Waals surface area contributed by atoms with Gasteiger partial charge in [-0.1, -0.05) is 0 Å². The van der Waals surface area contributed by atoms with Gasteiger partial charge in [-0.25, -0.2) is 0 Å². The molecule has 0 atom stereocenters. The highest BCUT2D eigenvalue weighted by Gasteiger charge is 2.15. The van der Waals surface area contributed by atoms with Gasteiger partial charge in [0.15, 0.2) is 0 Å². The maximum atomic E-state index is 10.6. The summed E-state index contributed by atoms with van der Waals surface area (Å²) in [5, 5.41) is 0. The number of amides is 1. The van der Waals surface area contributed by atoms with Crippen molar-refractivity contribution >= 4 is 28.8 Å². The summed E-state index contributed by atoms with van der Waals surface area (Å²) >= 11 is 2.20. The average Bonchev–Trinajstić information content (AvgIpc) is 2.41. The number of nitrogens with two attached hydrogens (primary N) is 1. The third-order valence-electron chi connectivity index (χ3n) is 3.61. The van der Waals surface area contributed by atoms with E-state index in [2.05, 4.69) is 36.2 Å². The summed E-state index contributed by atoms with van der Waals surface area (Å²) < 4.78 is 3.16. The first-order valence-electron chi connectivity index (χ1n) is 7.29. The quantitative estimate of drug-likeness (QED) is 0.336. The molecule has 0 radical (unpaired) electrons. The van der Waals surface area contributed by atoms with E-state index in [-0.39, 0.29) is 5.91 Å². The Labute approximate surface area is 130 Å². The van der Waals surface area contributed by atoms with Crippen LogP contribution < -0.4 is 9.26 Å². The second-order valence-corrected chi connectivity index (χ2v) is 5.96. The van der Waals surface area contributed by atoms with E-state index in [4.69, 9.17) is 5.73 Å². The molecule has 0 aliphatic carbocycles. The monoisotopic (exact) mass is 382 g/mol. The molecule has 0 bridgehead atoms. The highest BCUT2D eigenvalue weighted by molar-refractivity contribution is 14.1. The van der Waals surface area contributed by atoms with Crippen LogP contribution in [0.25, 0.3) is 0 Å². The van der Waals surface area contributed by atoms with Crippen LogP contribution in [0, 0.1) is 0 Å². The number of nitrogens with zero attached hydrogens (tertiary/aromatic N) is 2. The van der Waals surface area contributed by atoms with Crippen molar-refractivity contribution in [2.75, 3.05) is 45.8 Å². The molecule has 0 aromatic carbocycles. The number of piperazine rings is 1. The lowest BCUT2D eigenvalue weighted by molar-refractivity contribution is -0.118. The van der Waals surface area contributed by atoms with E-state index in [0.717, 1.165) is 25.9 Å². The van der Waals surface area contributed by atoms with Gasteiger partial charge in [-0.3, -0.25) is 8.32 Å². The molecule has 19 heavy (non-hydrogen) atoms. The smallest absolute Gasteiger partial charge is 0.217 e. The van der Waals surface area contributed by atoms with E-state index in [1.54, 1.807) is 0 Å². The third-order valence-corrected chi connectivity index (χ3v) is 4.15. The summed E-state index contributed by atoms with van der Waals surface area (Å²) in [6.07, 6.45) is 5.10. The zero-order valence-corrected chi connectivity index (χ0v) is 13.9. The minimum absolute atomic E-state index is 0.175. The van der Waals surface area contributed by atoms with Crippen LogP contribution in [0.2, 0.25) is 0 Å². The number of hydrogen-bond acceptors (Lipinski definition) is 4. The Morgan fingerprint density at radius 3 is 2.00 bits per heavy atom. The van der Waals surface area contributed by atoms with E-state index in [0.29, 0.717) is 6.42 Å². The van der Waals surface area contributed by atoms with Crippen molar-refractivity contribution in [1.82, 2.24) is 13.3 Å². The van der Waals surface area contributed by atoms with Crippen LogP contribution in [0.3, 0.4) is 0 Å². The molecule has 0 saturated carbocycles. The van der Waals surface area contributed by atoms with E-state index in [1.165, 1.54) is 45.6 Å². The van der Waals surface area contributed by atoms with E-state index < -0.39 is 0 Å². The van der Waals surface area contributed by atoms with Crippen molar-refractivity contribution in [1.29, 1.82) is 0 Å². The molecule has 3 N–H and O–H groups in total. The maximum absolute atomic E-state index is 10.6. The zero-order chi connectivity index (χ0) is 13.9. The van der Waals surface area contributed by atoms with Crippen molar-refractivity contribution in [2.24, 2.45) is 5.73 Å². The number of unbranched alkanes of at least 4 members (excludes halogenated alkanes) is 2. The number of primary amides is 1. The molecule has 1 aliphatic heterocycles. The van der Waals surface area contributed by atoms with Crippen LogP contribution in [0.1, 0.15) is 32.1 Å². The van der Waals surface area contributed by atoms with E-state index in [9.17, 15) is 4.79 Å². The summed E-state index contributed by atoms with van der Waals surface area (Å²) in [5.41, 5.74) is 5.13. The molecule has 1 rings (SSSR count). The Bertz CT molecular complexity index is 245. The summed E-state index contributed by atoms with van der Waals surface area (Å²) in [6, 6.07) is 0. The first kappa shape index (κ1) is 17.1. The molecule has 1 saturated heterocycles. The summed E-state index contributed by atoms with van der Waals surface area (Å²) in [5.74, 6) is -0.175. The topological polar surface area (TPSA) is 61.6 Å². The Balaban J connectivity index is 1.97. The van der Waals surface area contributed by atoms with Crippen molar-refractivity contribution in [3.63, 3.8) is 0 Å². The normalized spacial score (nSPS) is 17.7. The SMILES string of the molecule is NC(=O)CCCCN1CCN(CCCCNI)CC1. The first-order chi connectivity index (χ1) is 9.22. The molecule has 0 unspecified atom stereocenters. The Morgan fingerprint density at radius 2 is 1.53 bits per heavy atom. The number of carbonyl (C=O) groups is 1. The fraction of sp³-hybridized carbons (Fsp3) is 0.923. The molecule has 0 aromatic heterocycles. The molecule has 112 valence electrons. The Morgan fingerprint density at radius 1 is 1.00 bits per heavy atom. The van der Waals surface area contributed by atoms with Crippen molar-refractivity contribution in [3.05, 3.63) is 0 Å². The average molecular weight is 382 g/mol. The van der Waals surface area contributed by atoms with Crippen molar-refractivity contribution in [3.8, 4) is 0 Å². The molecular weight excluding hydrogens is 355 g/mol. The predicted molar refractivity (Wildman–Crippen MR) is 87.2 cm³/mol. The highest BCUT2D eigenvalue weighted by Crippen LogP contribution is 2.06. The van der Waals surface area contributed by atoms with Gasteiger partial charge in [0, 0.05) is 62.0 Å². The predicted octanol–water partition coefficient (Wildman–Crippen LogP) is 0.979. The molecule has 0 spiro atoms. The molecule has 0 aromatic rings. The van der Waals surface area contributed by atoms with Crippen LogP contribution >= 0.6 is 22.9 Å². The van der Waals surface area contributed by atoms with Crippen LogP contribution in [0.4, 0.5) is 0 Å². The molecule has 1 amide bonds. The fourth-order valence-electron chi connectivity index (χ4n) is 2.40. The van der Waals surface area contributed by atoms with Gasteiger partial charge in [-0.05, 0) is 38.8 Å². The number of rotatable bonds is 10. The Kier molecular flexibility index (Phi) is 9.76. The van der Waals surface area contributed by atoms with Gasteiger partial charge < -0.3 is 15.5 Å². The summed E-state index contributed by atoms with van der Waals surface area (Å²) in [4.78, 5) is 15.7. The van der Waals surface area contributed by atoms with Crippen molar-refractivity contribution < 1.29 is 4.79 Å². The van der Waals surface area contributed by atoms with Crippen LogP contribution in [0.5, 0.6) is 0 Å². The summed E-state index contributed by atoms with van der Waals surface area (Å²) in [6.45, 7) is 8.16. The highest BCUT2D eigenvalue weighted by atomic mass is 127. The van der Waals surface area contributed by atoms with Gasteiger partial charge >= 0.3 is 0 Å². The zero-order valence-electron chi connectivity index (χ0n) is 11.7. The molecule has 6 heteroatoms. The van der Waals surface area contributed by atoms with E-state index >= 15 is 0 Å². The number of carbonyl (C=O) groups excluding carboxylic acids is 1. The van der Waals surface area contributed by atoms with Gasteiger partial charge in [0.05, 0.1) is 0 Å². The standard InChI is InChI=1S/C13H27IN4O/c14-16-6-2-4-8-18-11-9-17(10-12-18)7-3-1-5-13(15)19/h16H,1-12H2,(H2,15,19). The van der Waals surface area contributed by atoms with Crippen LogP contribution in [0.15, 0.2) is 0 Å². The lowest BCUT2D eigenvalue weighted by Gasteiger charge is -2.34. The van der Waals surface area contributed by atoms with Gasteiger partial charge in [-0.2, -0.15) is 0 Å². The molecule has 1 heterocycles. The number of nitrogens with one attached hydrogen (secondary N) is 1. The lowest BCUT2D eigenvalue weighted by Crippen LogP contribution is -2.46. The molecule has 5 nitrogen and oxygen atoms in total. The minimum Gasteiger partial charge on any atom is -0.370 e. The van der Waals surface area contributed by atoms with Gasteiger partial charge in [0.1, 0.15) is 0 Å². The number of halogens is 1.